The molecule has 2 heterocycles. The molecule has 2 amide bonds. The molecule has 3 aromatic rings. The summed E-state index contributed by atoms with van der Waals surface area (Å²) in [7, 11) is 0. The van der Waals surface area contributed by atoms with Crippen LogP contribution in [0.5, 0.6) is 0 Å². The van der Waals surface area contributed by atoms with Gasteiger partial charge in [-0.3, -0.25) is 14.5 Å². The Hall–Kier alpha value is -2.47. The first-order chi connectivity index (χ1) is 15.2. The van der Waals surface area contributed by atoms with E-state index in [0.29, 0.717) is 20.5 Å². The standard InChI is InChI=1S/C25H22Cl2N2O2S/c1-14-5-8-21(9-15(14)2)29-16(3)10-19(17(29)4)11-23-24(30)28(25(31)32-23)13-18-6-7-20(26)12-22(18)27/h5-12H,13H2,1-4H3/b23-11-. The summed E-state index contributed by atoms with van der Waals surface area (Å²) in [6, 6.07) is 13.4. The van der Waals surface area contributed by atoms with Gasteiger partial charge in [-0.25, -0.2) is 0 Å². The third-order valence-electron chi connectivity index (χ3n) is 5.72. The molecule has 0 radical (unpaired) electrons. The number of nitrogens with zero attached hydrogens (tertiary/aromatic N) is 2. The van der Waals surface area contributed by atoms with Crippen LogP contribution in [0.1, 0.15) is 33.6 Å². The first kappa shape index (κ1) is 22.7. The van der Waals surface area contributed by atoms with E-state index in [1.807, 2.05) is 19.9 Å². The number of aromatic nitrogens is 1. The quantitative estimate of drug-likeness (QED) is 0.366. The fourth-order valence-electron chi connectivity index (χ4n) is 3.79. The number of amides is 2. The van der Waals surface area contributed by atoms with Crippen molar-refractivity contribution in [2.75, 3.05) is 0 Å². The van der Waals surface area contributed by atoms with Crippen LogP contribution in [-0.4, -0.2) is 20.6 Å². The Kier molecular flexibility index (Phi) is 6.26. The van der Waals surface area contributed by atoms with E-state index in [1.165, 1.54) is 16.0 Å². The smallest absolute Gasteiger partial charge is 0.293 e. The number of hydrogen-bond donors (Lipinski definition) is 0. The second kappa shape index (κ2) is 8.81. The first-order valence-electron chi connectivity index (χ1n) is 10.1. The molecule has 1 fully saturated rings. The van der Waals surface area contributed by atoms with E-state index in [1.54, 1.807) is 24.3 Å². The van der Waals surface area contributed by atoms with Crippen LogP contribution in [0.15, 0.2) is 47.4 Å². The van der Waals surface area contributed by atoms with Crippen molar-refractivity contribution in [3.8, 4) is 5.69 Å². The van der Waals surface area contributed by atoms with Crippen LogP contribution in [-0.2, 0) is 11.3 Å². The Morgan fingerprint density at radius 3 is 2.38 bits per heavy atom. The fraction of sp³-hybridized carbons (Fsp3) is 0.200. The lowest BCUT2D eigenvalue weighted by Gasteiger charge is -2.13. The average molecular weight is 485 g/mol. The van der Waals surface area contributed by atoms with E-state index in [9.17, 15) is 9.59 Å². The number of imide groups is 1. The largest absolute Gasteiger partial charge is 0.318 e. The van der Waals surface area contributed by atoms with Gasteiger partial charge >= 0.3 is 0 Å². The van der Waals surface area contributed by atoms with Crippen LogP contribution in [0.2, 0.25) is 10.0 Å². The molecule has 0 spiro atoms. The van der Waals surface area contributed by atoms with Crippen LogP contribution in [0.3, 0.4) is 0 Å². The maximum atomic E-state index is 13.0. The lowest BCUT2D eigenvalue weighted by Crippen LogP contribution is -2.27. The third kappa shape index (κ3) is 4.25. The van der Waals surface area contributed by atoms with Gasteiger partial charge in [-0.15, -0.1) is 0 Å². The lowest BCUT2D eigenvalue weighted by atomic mass is 10.1. The lowest BCUT2D eigenvalue weighted by molar-refractivity contribution is -0.123. The molecule has 1 saturated heterocycles. The molecule has 32 heavy (non-hydrogen) atoms. The van der Waals surface area contributed by atoms with Crippen LogP contribution in [0.25, 0.3) is 11.8 Å². The van der Waals surface area contributed by atoms with Crippen molar-refractivity contribution in [1.82, 2.24) is 9.47 Å². The molecule has 1 aliphatic rings. The summed E-state index contributed by atoms with van der Waals surface area (Å²) in [4.78, 5) is 27.2. The molecule has 2 aromatic carbocycles. The highest BCUT2D eigenvalue weighted by Crippen LogP contribution is 2.35. The Morgan fingerprint density at radius 2 is 1.69 bits per heavy atom. The molecule has 164 valence electrons. The number of rotatable bonds is 4. The minimum Gasteiger partial charge on any atom is -0.318 e. The monoisotopic (exact) mass is 484 g/mol. The molecule has 0 N–H and O–H groups in total. The number of carbonyl (C=O) groups excluding carboxylic acids is 2. The molecular weight excluding hydrogens is 463 g/mol. The summed E-state index contributed by atoms with van der Waals surface area (Å²) in [5, 5.41) is 0.625. The van der Waals surface area contributed by atoms with Crippen molar-refractivity contribution in [3.63, 3.8) is 0 Å². The predicted molar refractivity (Wildman–Crippen MR) is 133 cm³/mol. The van der Waals surface area contributed by atoms with Crippen molar-refractivity contribution < 1.29 is 9.59 Å². The SMILES string of the molecule is Cc1ccc(-n2c(C)cc(/C=C3\SC(=O)N(Cc4ccc(Cl)cc4Cl)C3=O)c2C)cc1C. The number of carbonyl (C=O) groups is 2. The number of hydrogen-bond acceptors (Lipinski definition) is 3. The van der Waals surface area contributed by atoms with Gasteiger partial charge in [0.25, 0.3) is 11.1 Å². The van der Waals surface area contributed by atoms with Crippen molar-refractivity contribution in [3.05, 3.63) is 91.1 Å². The summed E-state index contributed by atoms with van der Waals surface area (Å²) in [5.41, 5.74) is 7.20. The molecule has 7 heteroatoms. The summed E-state index contributed by atoms with van der Waals surface area (Å²) in [5.74, 6) is -0.318. The molecule has 4 nitrogen and oxygen atoms in total. The summed E-state index contributed by atoms with van der Waals surface area (Å²) in [6.07, 6.45) is 1.80. The highest BCUT2D eigenvalue weighted by Gasteiger charge is 2.35. The Morgan fingerprint density at radius 1 is 0.938 bits per heavy atom. The molecule has 0 atom stereocenters. The van der Waals surface area contributed by atoms with E-state index in [2.05, 4.69) is 36.6 Å². The van der Waals surface area contributed by atoms with Crippen LogP contribution < -0.4 is 0 Å². The van der Waals surface area contributed by atoms with Crippen molar-refractivity contribution >= 4 is 52.2 Å². The third-order valence-corrected chi connectivity index (χ3v) is 7.22. The summed E-state index contributed by atoms with van der Waals surface area (Å²) < 4.78 is 2.16. The zero-order valence-electron chi connectivity index (χ0n) is 18.2. The van der Waals surface area contributed by atoms with Gasteiger partial charge in [0.1, 0.15) is 0 Å². The molecule has 0 unspecified atom stereocenters. The predicted octanol–water partition coefficient (Wildman–Crippen LogP) is 7.25. The van der Waals surface area contributed by atoms with Crippen LogP contribution in [0, 0.1) is 27.7 Å². The van der Waals surface area contributed by atoms with Crippen LogP contribution in [0.4, 0.5) is 4.79 Å². The molecule has 0 saturated carbocycles. The van der Waals surface area contributed by atoms with E-state index in [4.69, 9.17) is 23.2 Å². The maximum absolute atomic E-state index is 13.0. The second-order valence-corrected chi connectivity index (χ2v) is 9.77. The van der Waals surface area contributed by atoms with Gasteiger partial charge in [-0.05, 0) is 98.1 Å². The van der Waals surface area contributed by atoms with Crippen LogP contribution >= 0.6 is 35.0 Å². The Bertz CT molecular complexity index is 1290. The summed E-state index contributed by atoms with van der Waals surface area (Å²) in [6.45, 7) is 8.35. The van der Waals surface area contributed by atoms with Gasteiger partial charge in [0, 0.05) is 27.1 Å². The molecule has 0 bridgehead atoms. The second-order valence-electron chi connectivity index (χ2n) is 7.93. The highest BCUT2D eigenvalue weighted by atomic mass is 35.5. The molecule has 4 rings (SSSR count). The van der Waals surface area contributed by atoms with E-state index in [0.717, 1.165) is 34.4 Å². The van der Waals surface area contributed by atoms with Gasteiger partial charge < -0.3 is 4.57 Å². The maximum Gasteiger partial charge on any atom is 0.293 e. The van der Waals surface area contributed by atoms with Gasteiger partial charge in [-0.1, -0.05) is 35.3 Å². The zero-order chi connectivity index (χ0) is 23.2. The first-order valence-corrected chi connectivity index (χ1v) is 11.7. The number of benzene rings is 2. The topological polar surface area (TPSA) is 42.3 Å². The van der Waals surface area contributed by atoms with Gasteiger partial charge in [0.2, 0.25) is 0 Å². The average Bonchev–Trinajstić information content (AvgIpc) is 3.15. The molecular formula is C25H22Cl2N2O2S. The van der Waals surface area contributed by atoms with Gasteiger partial charge in [0.05, 0.1) is 11.4 Å². The zero-order valence-corrected chi connectivity index (χ0v) is 20.5. The molecule has 1 aliphatic heterocycles. The molecule has 0 aliphatic carbocycles. The van der Waals surface area contributed by atoms with Gasteiger partial charge in [-0.2, -0.15) is 0 Å². The van der Waals surface area contributed by atoms with E-state index >= 15 is 0 Å². The Balaban J connectivity index is 1.64. The minimum atomic E-state index is -0.318. The Labute approximate surface area is 201 Å². The van der Waals surface area contributed by atoms with Gasteiger partial charge in [0.15, 0.2) is 0 Å². The highest BCUT2D eigenvalue weighted by molar-refractivity contribution is 8.18. The van der Waals surface area contributed by atoms with E-state index < -0.39 is 0 Å². The normalized spacial score (nSPS) is 15.3. The number of aryl methyl sites for hydroxylation is 3. The summed E-state index contributed by atoms with van der Waals surface area (Å²) >= 11 is 13.1. The van der Waals surface area contributed by atoms with Crippen molar-refractivity contribution in [1.29, 1.82) is 0 Å². The fourth-order valence-corrected chi connectivity index (χ4v) is 5.09. The minimum absolute atomic E-state index is 0.111. The van der Waals surface area contributed by atoms with E-state index in [-0.39, 0.29) is 17.7 Å². The number of thioether (sulfide) groups is 1. The van der Waals surface area contributed by atoms with Crippen molar-refractivity contribution in [2.45, 2.75) is 34.2 Å². The van der Waals surface area contributed by atoms with Crippen molar-refractivity contribution in [2.24, 2.45) is 0 Å². The number of halogens is 2. The molecule has 1 aromatic heterocycles.